The van der Waals surface area contributed by atoms with Crippen molar-refractivity contribution in [3.8, 4) is 11.5 Å². The molecule has 2 rings (SSSR count). The van der Waals surface area contributed by atoms with E-state index < -0.39 is 0 Å². The minimum atomic E-state index is -0.193. The third-order valence-corrected chi connectivity index (χ3v) is 3.46. The van der Waals surface area contributed by atoms with Crippen LogP contribution in [0.15, 0.2) is 60.7 Å². The second-order valence-corrected chi connectivity index (χ2v) is 6.22. The molecule has 0 amide bonds. The lowest BCUT2D eigenvalue weighted by molar-refractivity contribution is -0.148. The van der Waals surface area contributed by atoms with Crippen molar-refractivity contribution in [3.63, 3.8) is 0 Å². The zero-order chi connectivity index (χ0) is 21.3. The molecule has 0 spiro atoms. The molecule has 0 aliphatic heterocycles. The van der Waals surface area contributed by atoms with Crippen LogP contribution in [0.4, 0.5) is 0 Å². The van der Waals surface area contributed by atoms with Crippen LogP contribution in [0.2, 0.25) is 0 Å². The highest BCUT2D eigenvalue weighted by atomic mass is 16.6. The maximum Gasteiger partial charge on any atom is 0.308 e. The largest absolute Gasteiger partial charge is 0.490 e. The molecule has 0 atom stereocenters. The number of para-hydroxylation sites is 2. The summed E-state index contributed by atoms with van der Waals surface area (Å²) in [6, 6.07) is 18.9. The van der Waals surface area contributed by atoms with Crippen molar-refractivity contribution in [3.05, 3.63) is 60.7 Å². The lowest BCUT2D eigenvalue weighted by atomic mass is 10.2. The normalized spacial score (nSPS) is 9.79. The third kappa shape index (κ3) is 12.1. The predicted octanol–water partition coefficient (Wildman–Crippen LogP) is 4.28. The quantitative estimate of drug-likeness (QED) is 0.436. The van der Waals surface area contributed by atoms with Crippen molar-refractivity contribution < 1.29 is 28.5 Å². The molecule has 29 heavy (non-hydrogen) atoms. The van der Waals surface area contributed by atoms with E-state index in [0.717, 1.165) is 11.5 Å². The monoisotopic (exact) mass is 402 g/mol. The van der Waals surface area contributed by atoms with Gasteiger partial charge in [-0.25, -0.2) is 0 Å². The molecule has 0 N–H and O–H groups in total. The Balaban J connectivity index is 0.000000291. The number of carbonyl (C=O) groups excluding carboxylic acids is 2. The van der Waals surface area contributed by atoms with Gasteiger partial charge in [-0.1, -0.05) is 57.2 Å². The molecule has 0 aliphatic rings. The van der Waals surface area contributed by atoms with Crippen LogP contribution in [0.5, 0.6) is 11.5 Å². The highest BCUT2D eigenvalue weighted by Gasteiger charge is 2.07. The smallest absolute Gasteiger partial charge is 0.308 e. The van der Waals surface area contributed by atoms with Gasteiger partial charge >= 0.3 is 11.9 Å². The van der Waals surface area contributed by atoms with Crippen LogP contribution in [0.3, 0.4) is 0 Å². The first-order valence-electron chi connectivity index (χ1n) is 9.70. The van der Waals surface area contributed by atoms with Crippen molar-refractivity contribution in [1.82, 2.24) is 0 Å². The first-order chi connectivity index (χ1) is 14.0. The van der Waals surface area contributed by atoms with E-state index in [1.807, 2.05) is 60.7 Å². The molecule has 6 nitrogen and oxygen atoms in total. The van der Waals surface area contributed by atoms with Gasteiger partial charge in [0.2, 0.25) is 0 Å². The predicted molar refractivity (Wildman–Crippen MR) is 111 cm³/mol. The standard InChI is InChI=1S/C12H16O3.C11H14O3/c1-10(2)12(13)15-9-8-14-11-6-4-3-5-7-11;1-2-11(12)14-9-8-13-10-6-4-3-5-7-10/h3-7,10H,8-9H2,1-2H3;3-7H,2,8-9H2,1H3. The second kappa shape index (κ2) is 15.0. The number of ether oxygens (including phenoxy) is 4. The van der Waals surface area contributed by atoms with E-state index in [-0.39, 0.29) is 17.9 Å². The SMILES string of the molecule is CC(C)C(=O)OCCOc1ccccc1.CCC(=O)OCCOc1ccccc1. The first-order valence-corrected chi connectivity index (χ1v) is 9.70. The van der Waals surface area contributed by atoms with E-state index in [0.29, 0.717) is 32.8 Å². The fourth-order valence-corrected chi connectivity index (χ4v) is 1.92. The maximum absolute atomic E-state index is 11.1. The minimum absolute atomic E-state index is 0.0817. The number of hydrogen-bond acceptors (Lipinski definition) is 6. The fraction of sp³-hybridized carbons (Fsp3) is 0.391. The summed E-state index contributed by atoms with van der Waals surface area (Å²) in [5, 5.41) is 0. The van der Waals surface area contributed by atoms with Gasteiger partial charge in [0.05, 0.1) is 5.92 Å². The van der Waals surface area contributed by atoms with Gasteiger partial charge < -0.3 is 18.9 Å². The number of rotatable bonds is 10. The van der Waals surface area contributed by atoms with E-state index in [2.05, 4.69) is 0 Å². The Morgan fingerprint density at radius 1 is 0.724 bits per heavy atom. The molecular formula is C23H30O6. The summed E-state index contributed by atoms with van der Waals surface area (Å²) < 4.78 is 20.5. The third-order valence-electron chi connectivity index (χ3n) is 3.46. The summed E-state index contributed by atoms with van der Waals surface area (Å²) in [6.45, 7) is 6.77. The Kier molecular flexibility index (Phi) is 12.4. The van der Waals surface area contributed by atoms with Gasteiger partial charge in [0.15, 0.2) is 0 Å². The average Bonchev–Trinajstić information content (AvgIpc) is 2.75. The zero-order valence-electron chi connectivity index (χ0n) is 17.3. The van der Waals surface area contributed by atoms with Gasteiger partial charge in [-0.15, -0.1) is 0 Å². The Labute approximate surface area is 172 Å². The molecule has 0 saturated carbocycles. The highest BCUT2D eigenvalue weighted by molar-refractivity contribution is 5.71. The molecule has 0 fully saturated rings. The molecule has 0 unspecified atom stereocenters. The number of carbonyl (C=O) groups is 2. The number of benzene rings is 2. The second-order valence-electron chi connectivity index (χ2n) is 6.22. The topological polar surface area (TPSA) is 71.1 Å². The molecule has 6 heteroatoms. The van der Waals surface area contributed by atoms with Crippen LogP contribution in [0, 0.1) is 5.92 Å². The molecule has 0 aliphatic carbocycles. The molecule has 0 saturated heterocycles. The van der Waals surface area contributed by atoms with Crippen LogP contribution in [-0.2, 0) is 19.1 Å². The van der Waals surface area contributed by atoms with Crippen molar-refractivity contribution in [2.75, 3.05) is 26.4 Å². The maximum atomic E-state index is 11.1. The van der Waals surface area contributed by atoms with Gasteiger partial charge in [-0.05, 0) is 24.3 Å². The summed E-state index contributed by atoms with van der Waals surface area (Å²) in [4.78, 5) is 21.8. The van der Waals surface area contributed by atoms with Crippen LogP contribution in [0.1, 0.15) is 27.2 Å². The number of esters is 2. The van der Waals surface area contributed by atoms with Crippen LogP contribution in [-0.4, -0.2) is 38.4 Å². The van der Waals surface area contributed by atoms with Crippen LogP contribution >= 0.6 is 0 Å². The fourth-order valence-electron chi connectivity index (χ4n) is 1.92. The molecule has 158 valence electrons. The zero-order valence-corrected chi connectivity index (χ0v) is 17.3. The lowest BCUT2D eigenvalue weighted by Crippen LogP contribution is -2.16. The van der Waals surface area contributed by atoms with Crippen LogP contribution in [0.25, 0.3) is 0 Å². The summed E-state index contributed by atoms with van der Waals surface area (Å²) in [7, 11) is 0. The van der Waals surface area contributed by atoms with Crippen molar-refractivity contribution in [2.45, 2.75) is 27.2 Å². The number of hydrogen-bond donors (Lipinski definition) is 0. The molecule has 2 aromatic carbocycles. The first kappa shape index (κ1) is 24.0. The van der Waals surface area contributed by atoms with Crippen molar-refractivity contribution in [2.24, 2.45) is 5.92 Å². The highest BCUT2D eigenvalue weighted by Crippen LogP contribution is 2.08. The average molecular weight is 402 g/mol. The Bertz CT molecular complexity index is 685. The van der Waals surface area contributed by atoms with Crippen molar-refractivity contribution in [1.29, 1.82) is 0 Å². The van der Waals surface area contributed by atoms with Gasteiger partial charge in [-0.2, -0.15) is 0 Å². The lowest BCUT2D eigenvalue weighted by Gasteiger charge is -2.08. The molecular weight excluding hydrogens is 372 g/mol. The van der Waals surface area contributed by atoms with Gasteiger partial charge in [0.1, 0.15) is 37.9 Å². The molecule has 2 aromatic rings. The van der Waals surface area contributed by atoms with E-state index in [9.17, 15) is 9.59 Å². The summed E-state index contributed by atoms with van der Waals surface area (Å²) in [5.41, 5.74) is 0. The van der Waals surface area contributed by atoms with E-state index in [1.54, 1.807) is 20.8 Å². The van der Waals surface area contributed by atoms with E-state index in [4.69, 9.17) is 18.9 Å². The Morgan fingerprint density at radius 2 is 1.17 bits per heavy atom. The molecule has 0 bridgehead atoms. The Morgan fingerprint density at radius 3 is 1.59 bits per heavy atom. The summed E-state index contributed by atoms with van der Waals surface area (Å²) >= 11 is 0. The van der Waals surface area contributed by atoms with E-state index >= 15 is 0 Å². The van der Waals surface area contributed by atoms with E-state index in [1.165, 1.54) is 0 Å². The summed E-state index contributed by atoms with van der Waals surface area (Å²) in [6.07, 6.45) is 0.408. The molecule has 0 heterocycles. The summed E-state index contributed by atoms with van der Waals surface area (Å²) in [5.74, 6) is 1.12. The minimum Gasteiger partial charge on any atom is -0.490 e. The van der Waals surface area contributed by atoms with Crippen molar-refractivity contribution >= 4 is 11.9 Å². The molecule has 0 radical (unpaired) electrons. The van der Waals surface area contributed by atoms with Gasteiger partial charge in [0.25, 0.3) is 0 Å². The Hall–Kier alpha value is -3.02. The molecule has 0 aromatic heterocycles. The van der Waals surface area contributed by atoms with Gasteiger partial charge in [-0.3, -0.25) is 9.59 Å². The van der Waals surface area contributed by atoms with Crippen LogP contribution < -0.4 is 9.47 Å². The van der Waals surface area contributed by atoms with Gasteiger partial charge in [0, 0.05) is 6.42 Å².